The van der Waals surface area contributed by atoms with Crippen molar-refractivity contribution in [2.45, 2.75) is 13.8 Å². The van der Waals surface area contributed by atoms with E-state index in [1.54, 1.807) is 12.1 Å². The van der Waals surface area contributed by atoms with Gasteiger partial charge in [-0.3, -0.25) is 4.79 Å². The van der Waals surface area contributed by atoms with E-state index < -0.39 is 5.91 Å². The molecule has 0 saturated heterocycles. The molecule has 0 bridgehead atoms. The van der Waals surface area contributed by atoms with E-state index in [0.717, 1.165) is 21.9 Å². The summed E-state index contributed by atoms with van der Waals surface area (Å²) in [6, 6.07) is 18.5. The van der Waals surface area contributed by atoms with Crippen LogP contribution in [0.2, 0.25) is 0 Å². The summed E-state index contributed by atoms with van der Waals surface area (Å²) in [5, 5.41) is 24.1. The van der Waals surface area contributed by atoms with Crippen molar-refractivity contribution in [3.05, 3.63) is 76.9 Å². The quantitative estimate of drug-likeness (QED) is 0.535. The first-order valence-electron chi connectivity index (χ1n) is 8.20. The summed E-state index contributed by atoms with van der Waals surface area (Å²) in [5.74, 6) is -0.486. The number of phenols is 1. The SMILES string of the molecule is Cc1cc(C)cc(NC(=O)C(C#N)=Cc2c(O)ccc3ccccc23)c1. The van der Waals surface area contributed by atoms with Crippen molar-refractivity contribution in [3.63, 3.8) is 0 Å². The van der Waals surface area contributed by atoms with Crippen LogP contribution in [-0.4, -0.2) is 11.0 Å². The Morgan fingerprint density at radius 3 is 2.46 bits per heavy atom. The minimum absolute atomic E-state index is 0.0238. The Hall–Kier alpha value is -3.58. The second-order valence-electron chi connectivity index (χ2n) is 6.22. The molecule has 0 atom stereocenters. The molecule has 0 fully saturated rings. The van der Waals surface area contributed by atoms with E-state index in [-0.39, 0.29) is 11.3 Å². The smallest absolute Gasteiger partial charge is 0.266 e. The van der Waals surface area contributed by atoms with E-state index in [4.69, 9.17) is 0 Å². The van der Waals surface area contributed by atoms with Gasteiger partial charge in [0.25, 0.3) is 5.91 Å². The van der Waals surface area contributed by atoms with Crippen LogP contribution < -0.4 is 5.32 Å². The van der Waals surface area contributed by atoms with E-state index in [1.807, 2.05) is 62.4 Å². The number of nitriles is 1. The molecule has 0 aliphatic rings. The Bertz CT molecular complexity index is 1050. The summed E-state index contributed by atoms with van der Waals surface area (Å²) in [5.41, 5.74) is 3.06. The minimum atomic E-state index is -0.509. The molecule has 0 radical (unpaired) electrons. The largest absolute Gasteiger partial charge is 0.507 e. The number of benzene rings is 3. The highest BCUT2D eigenvalue weighted by Gasteiger charge is 2.13. The Balaban J connectivity index is 2.00. The number of phenolic OH excluding ortho intramolecular Hbond substituents is 1. The lowest BCUT2D eigenvalue weighted by Gasteiger charge is -2.08. The Morgan fingerprint density at radius 1 is 1.08 bits per heavy atom. The second kappa shape index (κ2) is 7.12. The molecule has 0 aliphatic heterocycles. The molecule has 0 unspecified atom stereocenters. The second-order valence-corrected chi connectivity index (χ2v) is 6.22. The molecular formula is C22H18N2O2. The Labute approximate surface area is 152 Å². The molecule has 4 nitrogen and oxygen atoms in total. The maximum Gasteiger partial charge on any atom is 0.266 e. The summed E-state index contributed by atoms with van der Waals surface area (Å²) in [7, 11) is 0. The van der Waals surface area contributed by atoms with E-state index in [9.17, 15) is 15.2 Å². The molecule has 2 N–H and O–H groups in total. The zero-order valence-corrected chi connectivity index (χ0v) is 14.6. The first-order valence-corrected chi connectivity index (χ1v) is 8.20. The molecule has 1 amide bonds. The van der Waals surface area contributed by atoms with Gasteiger partial charge in [0.2, 0.25) is 0 Å². The Morgan fingerprint density at radius 2 is 1.77 bits per heavy atom. The maximum atomic E-state index is 12.5. The fourth-order valence-electron chi connectivity index (χ4n) is 2.97. The van der Waals surface area contributed by atoms with Crippen LogP contribution in [0.5, 0.6) is 5.75 Å². The van der Waals surface area contributed by atoms with Crippen molar-refractivity contribution in [2.24, 2.45) is 0 Å². The number of fused-ring (bicyclic) bond motifs is 1. The first-order chi connectivity index (χ1) is 12.5. The van der Waals surface area contributed by atoms with E-state index >= 15 is 0 Å². The highest BCUT2D eigenvalue weighted by Crippen LogP contribution is 2.29. The predicted molar refractivity (Wildman–Crippen MR) is 104 cm³/mol. The number of nitrogens with zero attached hydrogens (tertiary/aromatic N) is 1. The van der Waals surface area contributed by atoms with Crippen LogP contribution in [-0.2, 0) is 4.79 Å². The van der Waals surface area contributed by atoms with E-state index in [1.165, 1.54) is 6.08 Å². The summed E-state index contributed by atoms with van der Waals surface area (Å²) in [6.45, 7) is 3.88. The van der Waals surface area contributed by atoms with Gasteiger partial charge in [-0.1, -0.05) is 36.4 Å². The van der Waals surface area contributed by atoms with Gasteiger partial charge in [0.15, 0.2) is 0 Å². The number of hydrogen-bond acceptors (Lipinski definition) is 3. The van der Waals surface area contributed by atoms with Gasteiger partial charge < -0.3 is 10.4 Å². The number of aromatic hydroxyl groups is 1. The third-order valence-corrected chi connectivity index (χ3v) is 4.08. The van der Waals surface area contributed by atoms with Crippen LogP contribution in [0, 0.1) is 25.2 Å². The maximum absolute atomic E-state index is 12.5. The van der Waals surface area contributed by atoms with Crippen LogP contribution in [0.15, 0.2) is 60.2 Å². The third kappa shape index (κ3) is 3.57. The fourth-order valence-corrected chi connectivity index (χ4v) is 2.97. The van der Waals surface area contributed by atoms with Gasteiger partial charge in [-0.05, 0) is 60.0 Å². The van der Waals surface area contributed by atoms with Crippen molar-refractivity contribution in [1.82, 2.24) is 0 Å². The topological polar surface area (TPSA) is 73.1 Å². The van der Waals surface area contributed by atoms with Crippen LogP contribution in [0.25, 0.3) is 16.8 Å². The van der Waals surface area contributed by atoms with E-state index in [2.05, 4.69) is 5.32 Å². The molecule has 3 aromatic carbocycles. The zero-order valence-electron chi connectivity index (χ0n) is 14.6. The lowest BCUT2D eigenvalue weighted by atomic mass is 10.0. The molecule has 0 heterocycles. The van der Waals surface area contributed by atoms with Crippen molar-refractivity contribution >= 4 is 28.4 Å². The normalized spacial score (nSPS) is 11.2. The molecule has 3 rings (SSSR count). The molecule has 3 aromatic rings. The number of rotatable bonds is 3. The van der Waals surface area contributed by atoms with Crippen LogP contribution >= 0.6 is 0 Å². The van der Waals surface area contributed by atoms with Gasteiger partial charge in [0, 0.05) is 11.3 Å². The van der Waals surface area contributed by atoms with Crippen molar-refractivity contribution < 1.29 is 9.90 Å². The van der Waals surface area contributed by atoms with Crippen LogP contribution in [0.3, 0.4) is 0 Å². The first kappa shape index (κ1) is 17.2. The number of hydrogen-bond donors (Lipinski definition) is 2. The Kier molecular flexibility index (Phi) is 4.72. The summed E-state index contributed by atoms with van der Waals surface area (Å²) in [4.78, 5) is 12.5. The van der Waals surface area contributed by atoms with Gasteiger partial charge >= 0.3 is 0 Å². The van der Waals surface area contributed by atoms with Gasteiger partial charge in [0.1, 0.15) is 17.4 Å². The number of carbonyl (C=O) groups excluding carboxylic acids is 1. The number of anilines is 1. The number of carbonyl (C=O) groups is 1. The van der Waals surface area contributed by atoms with Crippen molar-refractivity contribution in [3.8, 4) is 11.8 Å². The number of amides is 1. The monoisotopic (exact) mass is 342 g/mol. The number of aryl methyl sites for hydroxylation is 2. The summed E-state index contributed by atoms with van der Waals surface area (Å²) < 4.78 is 0. The molecule has 0 aromatic heterocycles. The van der Waals surface area contributed by atoms with Gasteiger partial charge in [0.05, 0.1) is 0 Å². The van der Waals surface area contributed by atoms with Crippen LogP contribution in [0.4, 0.5) is 5.69 Å². The fraction of sp³-hybridized carbons (Fsp3) is 0.0909. The van der Waals surface area contributed by atoms with Crippen molar-refractivity contribution in [1.29, 1.82) is 5.26 Å². The lowest BCUT2D eigenvalue weighted by Crippen LogP contribution is -2.13. The van der Waals surface area contributed by atoms with Gasteiger partial charge in [-0.15, -0.1) is 0 Å². The molecule has 0 aliphatic carbocycles. The average molecular weight is 342 g/mol. The molecule has 0 spiro atoms. The summed E-state index contributed by atoms with van der Waals surface area (Å²) >= 11 is 0. The predicted octanol–water partition coefficient (Wildman–Crippen LogP) is 4.71. The summed E-state index contributed by atoms with van der Waals surface area (Å²) in [6.07, 6.45) is 1.43. The van der Waals surface area contributed by atoms with Gasteiger partial charge in [-0.2, -0.15) is 5.26 Å². The highest BCUT2D eigenvalue weighted by molar-refractivity contribution is 6.11. The molecule has 128 valence electrons. The molecule has 26 heavy (non-hydrogen) atoms. The minimum Gasteiger partial charge on any atom is -0.507 e. The molecular weight excluding hydrogens is 324 g/mol. The van der Waals surface area contributed by atoms with Crippen LogP contribution in [0.1, 0.15) is 16.7 Å². The zero-order chi connectivity index (χ0) is 18.7. The molecule has 0 saturated carbocycles. The standard InChI is InChI=1S/C22H18N2O2/c1-14-9-15(2)11-18(10-14)24-22(26)17(13-23)12-20-19-6-4-3-5-16(19)7-8-21(20)25/h3-12,25H,1-2H3,(H,24,26). The highest BCUT2D eigenvalue weighted by atomic mass is 16.3. The number of nitrogens with one attached hydrogen (secondary N) is 1. The average Bonchev–Trinajstić information content (AvgIpc) is 2.60. The van der Waals surface area contributed by atoms with Gasteiger partial charge in [-0.25, -0.2) is 0 Å². The lowest BCUT2D eigenvalue weighted by molar-refractivity contribution is -0.112. The third-order valence-electron chi connectivity index (χ3n) is 4.08. The molecule has 4 heteroatoms. The van der Waals surface area contributed by atoms with Crippen molar-refractivity contribution in [2.75, 3.05) is 5.32 Å². The van der Waals surface area contributed by atoms with E-state index in [0.29, 0.717) is 11.3 Å².